The Hall–Kier alpha value is -3.52. The van der Waals surface area contributed by atoms with Crippen LogP contribution in [0.15, 0.2) is 124 Å². The Bertz CT molecular complexity index is 1390. The van der Waals surface area contributed by atoms with Gasteiger partial charge >= 0.3 is 0 Å². The average Bonchev–Trinajstić information content (AvgIpc) is 3.40. The predicted octanol–water partition coefficient (Wildman–Crippen LogP) is 6.66. The molecule has 0 fully saturated rings. The fourth-order valence-electron chi connectivity index (χ4n) is 4.20. The van der Waals surface area contributed by atoms with Crippen molar-refractivity contribution in [1.29, 1.82) is 0 Å². The highest BCUT2D eigenvalue weighted by molar-refractivity contribution is 7.89. The second-order valence-corrected chi connectivity index (χ2v) is 10.9. The maximum Gasteiger partial charge on any atom is 0.243 e. The van der Waals surface area contributed by atoms with E-state index in [9.17, 15) is 8.42 Å². The van der Waals surface area contributed by atoms with Crippen LogP contribution in [0, 0.1) is 0 Å². The van der Waals surface area contributed by atoms with Crippen molar-refractivity contribution < 1.29 is 8.42 Å². The number of halogens is 1. The van der Waals surface area contributed by atoms with Crippen LogP contribution in [0.3, 0.4) is 0 Å². The summed E-state index contributed by atoms with van der Waals surface area (Å²) in [5.41, 5.74) is 3.67. The molecule has 36 heavy (non-hydrogen) atoms. The zero-order valence-corrected chi connectivity index (χ0v) is 21.1. The van der Waals surface area contributed by atoms with E-state index in [2.05, 4.69) is 10.3 Å². The van der Waals surface area contributed by atoms with Crippen molar-refractivity contribution in [3.05, 3.63) is 131 Å². The molecule has 5 rings (SSSR count). The molecule has 1 heterocycles. The topological polar surface area (TPSA) is 65.3 Å². The highest BCUT2D eigenvalue weighted by Gasteiger charge is 2.28. The lowest BCUT2D eigenvalue weighted by Gasteiger charge is -2.24. The van der Waals surface area contributed by atoms with Gasteiger partial charge in [-0.1, -0.05) is 89.6 Å². The average molecular weight is 517 g/mol. The summed E-state index contributed by atoms with van der Waals surface area (Å²) in [5, 5.41) is 11.0. The van der Waals surface area contributed by atoms with Gasteiger partial charge in [-0.2, -0.15) is 9.42 Å². The van der Waals surface area contributed by atoms with E-state index in [4.69, 9.17) is 11.6 Å². The van der Waals surface area contributed by atoms with E-state index < -0.39 is 10.0 Å². The Morgan fingerprint density at radius 3 is 1.89 bits per heavy atom. The molecule has 1 aliphatic rings. The molecule has 0 N–H and O–H groups in total. The molecular weight excluding hydrogens is 492 g/mol. The van der Waals surface area contributed by atoms with Gasteiger partial charge in [0, 0.05) is 18.1 Å². The molecule has 0 aromatic heterocycles. The lowest BCUT2D eigenvalue weighted by Crippen LogP contribution is -2.30. The molecule has 0 amide bonds. The van der Waals surface area contributed by atoms with Gasteiger partial charge in [0.2, 0.25) is 10.0 Å². The van der Waals surface area contributed by atoms with Gasteiger partial charge in [0.1, 0.15) is 6.04 Å². The molecule has 0 radical (unpaired) electrons. The summed E-state index contributed by atoms with van der Waals surface area (Å²) in [6.07, 6.45) is 0. The summed E-state index contributed by atoms with van der Waals surface area (Å²) in [6.45, 7) is 1.07. The van der Waals surface area contributed by atoms with Gasteiger partial charge in [0.05, 0.1) is 17.1 Å². The molecular formula is C28H25ClN4O2S. The third-order valence-corrected chi connectivity index (χ3v) is 8.16. The maximum atomic E-state index is 13.7. The lowest BCUT2D eigenvalue weighted by molar-refractivity contribution is 0.401. The van der Waals surface area contributed by atoms with Crippen molar-refractivity contribution in [2.24, 2.45) is 10.3 Å². The number of benzene rings is 4. The zero-order chi connectivity index (χ0) is 25.0. The Kier molecular flexibility index (Phi) is 7.13. The molecule has 8 heteroatoms. The van der Waals surface area contributed by atoms with Crippen LogP contribution in [-0.2, 0) is 23.1 Å². The Morgan fingerprint density at radius 2 is 1.33 bits per heavy atom. The fourth-order valence-corrected chi connectivity index (χ4v) is 5.75. The largest absolute Gasteiger partial charge is 0.243 e. The van der Waals surface area contributed by atoms with Crippen molar-refractivity contribution in [2.45, 2.75) is 24.0 Å². The first-order valence-electron chi connectivity index (χ1n) is 11.6. The molecule has 1 aliphatic heterocycles. The minimum Gasteiger partial charge on any atom is -0.238 e. The second-order valence-electron chi connectivity index (χ2n) is 8.56. The van der Waals surface area contributed by atoms with Crippen LogP contribution in [0.4, 0.5) is 5.69 Å². The maximum absolute atomic E-state index is 13.7. The van der Waals surface area contributed by atoms with E-state index in [1.165, 1.54) is 4.31 Å². The fraction of sp³-hybridized carbons (Fsp3) is 0.143. The smallest absolute Gasteiger partial charge is 0.238 e. The molecule has 0 bridgehead atoms. The van der Waals surface area contributed by atoms with E-state index in [0.29, 0.717) is 11.6 Å². The Labute approximate surface area is 216 Å². The Balaban J connectivity index is 1.41. The van der Waals surface area contributed by atoms with Crippen molar-refractivity contribution in [3.8, 4) is 0 Å². The quantitative estimate of drug-likeness (QED) is 0.263. The highest BCUT2D eigenvalue weighted by atomic mass is 35.5. The predicted molar refractivity (Wildman–Crippen MR) is 142 cm³/mol. The summed E-state index contributed by atoms with van der Waals surface area (Å²) in [6, 6.07) is 33.6. The monoisotopic (exact) mass is 516 g/mol. The van der Waals surface area contributed by atoms with E-state index >= 15 is 0 Å². The first-order chi connectivity index (χ1) is 17.5. The van der Waals surface area contributed by atoms with Gasteiger partial charge in [-0.05, 0) is 53.1 Å². The summed E-state index contributed by atoms with van der Waals surface area (Å²) in [5.74, 6) is 0. The third kappa shape index (κ3) is 5.33. The van der Waals surface area contributed by atoms with Crippen LogP contribution in [0.25, 0.3) is 0 Å². The van der Waals surface area contributed by atoms with E-state index in [0.717, 1.165) is 22.4 Å². The van der Waals surface area contributed by atoms with Gasteiger partial charge in [0.25, 0.3) is 0 Å². The van der Waals surface area contributed by atoms with Gasteiger partial charge in [-0.15, -0.1) is 0 Å². The molecule has 1 atom stereocenters. The third-order valence-electron chi connectivity index (χ3n) is 6.11. The van der Waals surface area contributed by atoms with E-state index in [1.807, 2.05) is 89.9 Å². The molecule has 0 saturated carbocycles. The van der Waals surface area contributed by atoms with Crippen molar-refractivity contribution in [2.75, 3.05) is 11.6 Å². The van der Waals surface area contributed by atoms with E-state index in [1.54, 1.807) is 24.3 Å². The molecule has 0 saturated heterocycles. The SMILES string of the molecule is O=S(=O)(c1ccc(N2N=NCC2c2ccc(Cl)cc2)cc1)N(Cc1ccccc1)Cc1ccccc1. The van der Waals surface area contributed by atoms with Gasteiger partial charge in [-0.25, -0.2) is 13.4 Å². The summed E-state index contributed by atoms with van der Waals surface area (Å²) in [4.78, 5) is 0.234. The van der Waals surface area contributed by atoms with Crippen LogP contribution in [0.5, 0.6) is 0 Å². The van der Waals surface area contributed by atoms with Crippen LogP contribution >= 0.6 is 11.6 Å². The standard InChI is InChI=1S/C28H25ClN4O2S/c29-25-13-11-24(12-14-25)28-19-30-31-33(28)26-15-17-27(18-16-26)36(34,35)32(20-22-7-3-1-4-8-22)21-23-9-5-2-6-10-23/h1-18,28H,19-21H2. The number of nitrogens with zero attached hydrogens (tertiary/aromatic N) is 4. The van der Waals surface area contributed by atoms with Crippen LogP contribution in [-0.4, -0.2) is 19.3 Å². The summed E-state index contributed by atoms with van der Waals surface area (Å²) in [7, 11) is -3.76. The number of sulfonamides is 1. The van der Waals surface area contributed by atoms with Crippen LogP contribution in [0.1, 0.15) is 22.7 Å². The number of rotatable bonds is 8. The molecule has 0 spiro atoms. The van der Waals surface area contributed by atoms with Crippen LogP contribution in [0.2, 0.25) is 5.02 Å². The number of anilines is 1. The molecule has 6 nitrogen and oxygen atoms in total. The molecule has 4 aromatic carbocycles. The molecule has 0 aliphatic carbocycles. The first kappa shape index (κ1) is 24.2. The zero-order valence-electron chi connectivity index (χ0n) is 19.5. The highest BCUT2D eigenvalue weighted by Crippen LogP contribution is 2.33. The minimum absolute atomic E-state index is 0.0719. The van der Waals surface area contributed by atoms with Crippen molar-refractivity contribution in [1.82, 2.24) is 4.31 Å². The van der Waals surface area contributed by atoms with Gasteiger partial charge < -0.3 is 0 Å². The Morgan fingerprint density at radius 1 is 0.778 bits per heavy atom. The minimum atomic E-state index is -3.76. The summed E-state index contributed by atoms with van der Waals surface area (Å²) < 4.78 is 29.0. The number of hydrogen-bond acceptors (Lipinski definition) is 5. The van der Waals surface area contributed by atoms with Crippen molar-refractivity contribution >= 4 is 27.3 Å². The molecule has 182 valence electrons. The van der Waals surface area contributed by atoms with Gasteiger partial charge in [0.15, 0.2) is 0 Å². The summed E-state index contributed by atoms with van der Waals surface area (Å²) >= 11 is 6.04. The second kappa shape index (κ2) is 10.6. The van der Waals surface area contributed by atoms with Crippen molar-refractivity contribution in [3.63, 3.8) is 0 Å². The number of hydrogen-bond donors (Lipinski definition) is 0. The van der Waals surface area contributed by atoms with E-state index in [-0.39, 0.29) is 24.0 Å². The molecule has 4 aromatic rings. The van der Waals surface area contributed by atoms with Gasteiger partial charge in [-0.3, -0.25) is 0 Å². The van der Waals surface area contributed by atoms with Crippen LogP contribution < -0.4 is 5.01 Å². The molecule has 1 unspecified atom stereocenters. The lowest BCUT2D eigenvalue weighted by atomic mass is 10.1. The first-order valence-corrected chi connectivity index (χ1v) is 13.4. The normalized spacial score (nSPS) is 15.5.